The maximum absolute atomic E-state index is 4.29. The summed E-state index contributed by atoms with van der Waals surface area (Å²) in [6.45, 7) is 4.18. The van der Waals surface area contributed by atoms with E-state index in [1.54, 1.807) is 0 Å². The van der Waals surface area contributed by atoms with Gasteiger partial charge in [-0.3, -0.25) is 0 Å². The van der Waals surface area contributed by atoms with Crippen molar-refractivity contribution in [1.29, 1.82) is 0 Å². The Morgan fingerprint density at radius 1 is 1.25 bits per heavy atom. The molecular weight excluding hydrogens is 164 g/mol. The zero-order chi connectivity index (χ0) is 8.81. The first-order valence-corrected chi connectivity index (χ1v) is 5.76. The summed E-state index contributed by atoms with van der Waals surface area (Å²) in [5, 5.41) is 0. The van der Waals surface area contributed by atoms with Crippen molar-refractivity contribution >= 4 is 12.6 Å². The maximum atomic E-state index is 4.29. The van der Waals surface area contributed by atoms with Gasteiger partial charge in [-0.1, -0.05) is 31.4 Å². The molecule has 0 aromatic rings. The number of thiol groups is 1. The summed E-state index contributed by atoms with van der Waals surface area (Å²) in [4.78, 5) is 0. The zero-order valence-electron chi connectivity index (χ0n) is 7.89. The van der Waals surface area contributed by atoms with E-state index in [9.17, 15) is 0 Å². The van der Waals surface area contributed by atoms with Crippen LogP contribution in [0.4, 0.5) is 0 Å². The molecule has 1 aliphatic rings. The van der Waals surface area contributed by atoms with Crippen LogP contribution in [-0.2, 0) is 0 Å². The zero-order valence-corrected chi connectivity index (χ0v) is 8.78. The highest BCUT2D eigenvalue weighted by atomic mass is 32.1. The lowest BCUT2D eigenvalue weighted by atomic mass is 9.86. The summed E-state index contributed by atoms with van der Waals surface area (Å²) in [6, 6.07) is 0. The average Bonchev–Trinajstić information content (AvgIpc) is 2.05. The SMILES string of the molecule is C=C1CCCCCC[C@@H]1CCS. The van der Waals surface area contributed by atoms with E-state index in [-0.39, 0.29) is 0 Å². The molecule has 0 radical (unpaired) electrons. The third-order valence-electron chi connectivity index (χ3n) is 2.86. The second-order valence-corrected chi connectivity index (χ2v) is 4.27. The summed E-state index contributed by atoms with van der Waals surface area (Å²) >= 11 is 4.29. The van der Waals surface area contributed by atoms with Crippen LogP contribution in [0.1, 0.15) is 44.9 Å². The Labute approximate surface area is 81.8 Å². The van der Waals surface area contributed by atoms with Crippen molar-refractivity contribution in [3.05, 3.63) is 12.2 Å². The standard InChI is InChI=1S/C11H20S/c1-10-6-4-2-3-5-7-11(10)8-9-12/h11-12H,1-9H2/t11-/m1/s1. The van der Waals surface area contributed by atoms with Crippen LogP contribution in [0, 0.1) is 5.92 Å². The predicted octanol–water partition coefficient (Wildman–Crippen LogP) is 3.83. The van der Waals surface area contributed by atoms with Gasteiger partial charge in [-0.2, -0.15) is 12.6 Å². The van der Waals surface area contributed by atoms with Gasteiger partial charge in [0.1, 0.15) is 0 Å². The fourth-order valence-corrected chi connectivity index (χ4v) is 2.32. The Balaban J connectivity index is 2.37. The van der Waals surface area contributed by atoms with E-state index in [2.05, 4.69) is 19.2 Å². The minimum atomic E-state index is 0.780. The first kappa shape index (κ1) is 10.2. The van der Waals surface area contributed by atoms with Gasteiger partial charge < -0.3 is 0 Å². The van der Waals surface area contributed by atoms with Crippen LogP contribution in [0.2, 0.25) is 0 Å². The highest BCUT2D eigenvalue weighted by Crippen LogP contribution is 2.28. The van der Waals surface area contributed by atoms with E-state index in [0.29, 0.717) is 0 Å². The molecule has 0 amide bonds. The third-order valence-corrected chi connectivity index (χ3v) is 3.11. The molecule has 1 rings (SSSR count). The largest absolute Gasteiger partial charge is 0.179 e. The average molecular weight is 184 g/mol. The predicted molar refractivity (Wildman–Crippen MR) is 58.8 cm³/mol. The summed E-state index contributed by atoms with van der Waals surface area (Å²) in [7, 11) is 0. The van der Waals surface area contributed by atoms with Crippen molar-refractivity contribution in [2.24, 2.45) is 5.92 Å². The van der Waals surface area contributed by atoms with Crippen LogP contribution in [0.15, 0.2) is 12.2 Å². The monoisotopic (exact) mass is 184 g/mol. The number of allylic oxidation sites excluding steroid dienone is 1. The van der Waals surface area contributed by atoms with Gasteiger partial charge in [0.2, 0.25) is 0 Å². The summed E-state index contributed by atoms with van der Waals surface area (Å²) < 4.78 is 0. The smallest absolute Gasteiger partial charge is 0.00922 e. The van der Waals surface area contributed by atoms with Crippen molar-refractivity contribution in [2.75, 3.05) is 5.75 Å². The van der Waals surface area contributed by atoms with Crippen LogP contribution in [-0.4, -0.2) is 5.75 Å². The number of hydrogen-bond acceptors (Lipinski definition) is 1. The fourth-order valence-electron chi connectivity index (χ4n) is 2.01. The molecule has 1 atom stereocenters. The van der Waals surface area contributed by atoms with E-state index < -0.39 is 0 Å². The van der Waals surface area contributed by atoms with Gasteiger partial charge in [0.05, 0.1) is 0 Å². The van der Waals surface area contributed by atoms with Gasteiger partial charge in [-0.15, -0.1) is 0 Å². The summed E-state index contributed by atoms with van der Waals surface area (Å²) in [5.41, 5.74) is 1.49. The third kappa shape index (κ3) is 3.22. The van der Waals surface area contributed by atoms with Gasteiger partial charge in [0.25, 0.3) is 0 Å². The molecule has 0 unspecified atom stereocenters. The van der Waals surface area contributed by atoms with E-state index in [4.69, 9.17) is 0 Å². The molecule has 0 N–H and O–H groups in total. The molecule has 1 fully saturated rings. The quantitative estimate of drug-likeness (QED) is 0.489. The molecule has 1 heteroatoms. The lowest BCUT2D eigenvalue weighted by Crippen LogP contribution is -2.07. The highest BCUT2D eigenvalue weighted by Gasteiger charge is 2.13. The van der Waals surface area contributed by atoms with Crippen molar-refractivity contribution in [2.45, 2.75) is 44.9 Å². The first-order chi connectivity index (χ1) is 5.84. The van der Waals surface area contributed by atoms with Gasteiger partial charge in [0.15, 0.2) is 0 Å². The van der Waals surface area contributed by atoms with Gasteiger partial charge >= 0.3 is 0 Å². The Morgan fingerprint density at radius 2 is 2.00 bits per heavy atom. The maximum Gasteiger partial charge on any atom is -0.00922 e. The molecule has 0 spiro atoms. The minimum absolute atomic E-state index is 0.780. The summed E-state index contributed by atoms with van der Waals surface area (Å²) in [5.74, 6) is 1.80. The normalized spacial score (nSPS) is 26.4. The van der Waals surface area contributed by atoms with E-state index in [1.807, 2.05) is 0 Å². The molecule has 0 nitrogen and oxygen atoms in total. The molecule has 0 aromatic heterocycles. The highest BCUT2D eigenvalue weighted by molar-refractivity contribution is 7.80. The van der Waals surface area contributed by atoms with E-state index in [0.717, 1.165) is 11.7 Å². The number of hydrogen-bond donors (Lipinski definition) is 1. The molecule has 0 aromatic carbocycles. The minimum Gasteiger partial charge on any atom is -0.179 e. The topological polar surface area (TPSA) is 0 Å². The molecule has 0 aliphatic heterocycles. The van der Waals surface area contributed by atoms with Gasteiger partial charge in [-0.05, 0) is 37.4 Å². The fraction of sp³-hybridized carbons (Fsp3) is 0.818. The lowest BCUT2D eigenvalue weighted by Gasteiger charge is -2.21. The summed E-state index contributed by atoms with van der Waals surface area (Å²) in [6.07, 6.45) is 9.46. The molecule has 12 heavy (non-hydrogen) atoms. The molecule has 0 saturated heterocycles. The Kier molecular flexibility index (Phi) is 4.82. The number of rotatable bonds is 2. The van der Waals surface area contributed by atoms with Crippen molar-refractivity contribution in [1.82, 2.24) is 0 Å². The van der Waals surface area contributed by atoms with Crippen LogP contribution < -0.4 is 0 Å². The van der Waals surface area contributed by atoms with Crippen LogP contribution in [0.25, 0.3) is 0 Å². The Hall–Kier alpha value is 0.0900. The van der Waals surface area contributed by atoms with E-state index in [1.165, 1.54) is 50.5 Å². The van der Waals surface area contributed by atoms with Gasteiger partial charge in [-0.25, -0.2) is 0 Å². The molecule has 1 aliphatic carbocycles. The van der Waals surface area contributed by atoms with Crippen LogP contribution >= 0.6 is 12.6 Å². The molecule has 0 heterocycles. The van der Waals surface area contributed by atoms with Crippen molar-refractivity contribution in [3.8, 4) is 0 Å². The van der Waals surface area contributed by atoms with Crippen LogP contribution in [0.3, 0.4) is 0 Å². The Bertz CT molecular complexity index is 140. The Morgan fingerprint density at radius 3 is 2.75 bits per heavy atom. The van der Waals surface area contributed by atoms with E-state index >= 15 is 0 Å². The second-order valence-electron chi connectivity index (χ2n) is 3.82. The lowest BCUT2D eigenvalue weighted by molar-refractivity contribution is 0.454. The van der Waals surface area contributed by atoms with Gasteiger partial charge in [0, 0.05) is 0 Å². The first-order valence-electron chi connectivity index (χ1n) is 5.13. The molecule has 0 bridgehead atoms. The molecular formula is C11H20S. The molecule has 1 saturated carbocycles. The van der Waals surface area contributed by atoms with Crippen molar-refractivity contribution in [3.63, 3.8) is 0 Å². The second kappa shape index (κ2) is 5.69. The van der Waals surface area contributed by atoms with Crippen molar-refractivity contribution < 1.29 is 0 Å². The molecule has 70 valence electrons. The van der Waals surface area contributed by atoms with Crippen LogP contribution in [0.5, 0.6) is 0 Å².